The topological polar surface area (TPSA) is 82.4 Å². The summed E-state index contributed by atoms with van der Waals surface area (Å²) in [6.45, 7) is 0.166. The Hall–Kier alpha value is -3.78. The summed E-state index contributed by atoms with van der Waals surface area (Å²) < 4.78 is 14.5. The Morgan fingerprint density at radius 3 is 2.63 bits per heavy atom. The van der Waals surface area contributed by atoms with Gasteiger partial charge in [-0.15, -0.1) is 0 Å². The molecule has 0 bridgehead atoms. The molecular weight excluding hydrogens is 403 g/mol. The Morgan fingerprint density at radius 2 is 1.83 bits per heavy atom. The van der Waals surface area contributed by atoms with Crippen molar-refractivity contribution in [1.82, 2.24) is 9.55 Å². The summed E-state index contributed by atoms with van der Waals surface area (Å²) in [4.78, 5) is 14.8. The minimum Gasteiger partial charge on any atom is -0.494 e. The molecule has 0 radical (unpaired) electrons. The number of benzene rings is 3. The van der Waals surface area contributed by atoms with E-state index < -0.39 is 5.56 Å². The lowest BCUT2D eigenvalue weighted by atomic mass is 10.1. The normalized spacial score (nSPS) is 11.2. The molecule has 0 amide bonds. The van der Waals surface area contributed by atoms with E-state index in [4.69, 9.17) is 12.2 Å². The van der Waals surface area contributed by atoms with Gasteiger partial charge in [-0.2, -0.15) is 5.10 Å². The van der Waals surface area contributed by atoms with Crippen LogP contribution in [0.5, 0.6) is 5.88 Å². The maximum atomic E-state index is 13.1. The van der Waals surface area contributed by atoms with Gasteiger partial charge in [0.05, 0.1) is 18.4 Å². The lowest BCUT2D eigenvalue weighted by Gasteiger charge is -2.11. The molecule has 3 aromatic carbocycles. The minimum atomic E-state index is -0.559. The van der Waals surface area contributed by atoms with Gasteiger partial charge in [-0.1, -0.05) is 48.5 Å². The first-order chi connectivity index (χ1) is 14.5. The van der Waals surface area contributed by atoms with Gasteiger partial charge in [0.1, 0.15) is 11.4 Å². The van der Waals surface area contributed by atoms with Crippen molar-refractivity contribution in [1.29, 1.82) is 0 Å². The molecule has 30 heavy (non-hydrogen) atoms. The maximum absolute atomic E-state index is 13.1. The molecule has 0 spiro atoms. The van der Waals surface area contributed by atoms with Gasteiger partial charge >= 0.3 is 0 Å². The molecule has 1 heterocycles. The minimum absolute atomic E-state index is 0.0431. The highest BCUT2D eigenvalue weighted by atomic mass is 32.1. The molecule has 6 nitrogen and oxygen atoms in total. The van der Waals surface area contributed by atoms with Crippen LogP contribution in [0.3, 0.4) is 0 Å². The zero-order valence-corrected chi connectivity index (χ0v) is 16.5. The number of anilines is 1. The average molecular weight is 420 g/mol. The van der Waals surface area contributed by atoms with Gasteiger partial charge < -0.3 is 5.11 Å². The molecule has 0 saturated heterocycles. The molecule has 0 unspecified atom stereocenters. The summed E-state index contributed by atoms with van der Waals surface area (Å²) in [5.41, 5.74) is 3.78. The number of hydrogen-bond acceptors (Lipinski definition) is 5. The number of aromatic hydroxyl groups is 1. The van der Waals surface area contributed by atoms with Crippen LogP contribution in [0.4, 0.5) is 10.1 Å². The van der Waals surface area contributed by atoms with Gasteiger partial charge in [-0.05, 0) is 41.4 Å². The van der Waals surface area contributed by atoms with Crippen LogP contribution in [0.2, 0.25) is 0 Å². The summed E-state index contributed by atoms with van der Waals surface area (Å²) in [6, 6.07) is 19.4. The highest BCUT2D eigenvalue weighted by Gasteiger charge is 2.11. The van der Waals surface area contributed by atoms with Crippen molar-refractivity contribution < 1.29 is 9.50 Å². The number of rotatable bonds is 5. The third-order valence-electron chi connectivity index (χ3n) is 4.63. The zero-order valence-electron chi connectivity index (χ0n) is 15.7. The molecule has 8 heteroatoms. The van der Waals surface area contributed by atoms with Crippen molar-refractivity contribution in [2.75, 3.05) is 5.43 Å². The molecule has 1 aromatic heterocycles. The van der Waals surface area contributed by atoms with Crippen molar-refractivity contribution in [3.8, 4) is 5.88 Å². The number of nitrogens with zero attached hydrogens (tertiary/aromatic N) is 2. The SMILES string of the molecule is O=c1[nH]c(=S)n(Cc2ccc(F)cc2)c(O)c1C=NNc1cccc2ccccc12. The predicted octanol–water partition coefficient (Wildman–Crippen LogP) is 4.40. The Morgan fingerprint density at radius 1 is 1.10 bits per heavy atom. The van der Waals surface area contributed by atoms with Crippen molar-refractivity contribution in [3.63, 3.8) is 0 Å². The van der Waals surface area contributed by atoms with E-state index in [0.717, 1.165) is 16.5 Å². The fraction of sp³-hybridized carbons (Fsp3) is 0.0455. The third-order valence-corrected chi connectivity index (χ3v) is 4.95. The highest BCUT2D eigenvalue weighted by molar-refractivity contribution is 7.71. The predicted molar refractivity (Wildman–Crippen MR) is 118 cm³/mol. The van der Waals surface area contributed by atoms with E-state index in [-0.39, 0.29) is 28.6 Å². The first-order valence-electron chi connectivity index (χ1n) is 9.10. The molecule has 0 atom stereocenters. The number of hydrazone groups is 1. The van der Waals surface area contributed by atoms with Gasteiger partial charge in [-0.3, -0.25) is 19.8 Å². The number of halogens is 1. The molecule has 150 valence electrons. The van der Waals surface area contributed by atoms with E-state index >= 15 is 0 Å². The molecule has 4 aromatic rings. The molecule has 0 aliphatic carbocycles. The number of nitrogens with one attached hydrogen (secondary N) is 2. The summed E-state index contributed by atoms with van der Waals surface area (Å²) in [5.74, 6) is -0.683. The van der Waals surface area contributed by atoms with E-state index in [2.05, 4.69) is 15.5 Å². The van der Waals surface area contributed by atoms with Crippen molar-refractivity contribution >= 4 is 34.9 Å². The number of H-pyrrole nitrogens is 1. The van der Waals surface area contributed by atoms with Gasteiger partial charge in [0.25, 0.3) is 5.56 Å². The average Bonchev–Trinajstić information content (AvgIpc) is 2.75. The fourth-order valence-electron chi connectivity index (χ4n) is 3.10. The second-order valence-corrected chi connectivity index (χ2v) is 6.99. The summed E-state index contributed by atoms with van der Waals surface area (Å²) in [5, 5.41) is 16.8. The summed E-state index contributed by atoms with van der Waals surface area (Å²) in [6.07, 6.45) is 1.24. The van der Waals surface area contributed by atoms with E-state index in [0.29, 0.717) is 5.56 Å². The van der Waals surface area contributed by atoms with Crippen LogP contribution in [0.25, 0.3) is 10.8 Å². The Bertz CT molecular complexity index is 1360. The van der Waals surface area contributed by atoms with Gasteiger partial charge in [0.2, 0.25) is 5.88 Å². The van der Waals surface area contributed by atoms with Crippen LogP contribution in [0.15, 0.2) is 76.6 Å². The summed E-state index contributed by atoms with van der Waals surface area (Å²) >= 11 is 5.17. The second-order valence-electron chi connectivity index (χ2n) is 6.61. The van der Waals surface area contributed by atoms with E-state index in [9.17, 15) is 14.3 Å². The lowest BCUT2D eigenvalue weighted by molar-refractivity contribution is 0.411. The van der Waals surface area contributed by atoms with E-state index in [1.807, 2.05) is 42.5 Å². The summed E-state index contributed by atoms with van der Waals surface area (Å²) in [7, 11) is 0. The van der Waals surface area contributed by atoms with Crippen LogP contribution in [-0.4, -0.2) is 20.9 Å². The van der Waals surface area contributed by atoms with Crippen molar-refractivity contribution in [2.24, 2.45) is 5.10 Å². The van der Waals surface area contributed by atoms with Crippen LogP contribution >= 0.6 is 12.2 Å². The standard InChI is InChI=1S/C22H17FN4O2S/c23-16-10-8-14(9-11-16)13-27-21(29)18(20(28)25-22(27)30)12-24-26-19-7-3-5-15-4-1-2-6-17(15)19/h1-12,26,29H,13H2,(H,25,28,30). The highest BCUT2D eigenvalue weighted by Crippen LogP contribution is 2.23. The molecular formula is C22H17FN4O2S. The molecule has 4 rings (SSSR count). The Kier molecular flexibility index (Phi) is 5.40. The van der Waals surface area contributed by atoms with Crippen LogP contribution in [0, 0.1) is 10.6 Å². The lowest BCUT2D eigenvalue weighted by Crippen LogP contribution is -2.19. The van der Waals surface area contributed by atoms with E-state index in [1.165, 1.54) is 22.9 Å². The third kappa shape index (κ3) is 3.99. The maximum Gasteiger partial charge on any atom is 0.264 e. The first-order valence-corrected chi connectivity index (χ1v) is 9.51. The number of fused-ring (bicyclic) bond motifs is 1. The Balaban J connectivity index is 1.64. The van der Waals surface area contributed by atoms with Gasteiger partial charge in [-0.25, -0.2) is 4.39 Å². The molecule has 0 fully saturated rings. The molecule has 0 aliphatic rings. The van der Waals surface area contributed by atoms with Gasteiger partial charge in [0, 0.05) is 5.39 Å². The Labute approximate surface area is 176 Å². The number of aromatic nitrogens is 2. The first kappa shape index (κ1) is 19.5. The molecule has 0 aliphatic heterocycles. The van der Waals surface area contributed by atoms with E-state index in [1.54, 1.807) is 12.1 Å². The smallest absolute Gasteiger partial charge is 0.264 e. The van der Waals surface area contributed by atoms with Crippen LogP contribution < -0.4 is 11.0 Å². The monoisotopic (exact) mass is 420 g/mol. The molecule has 3 N–H and O–H groups in total. The van der Waals surface area contributed by atoms with Crippen molar-refractivity contribution in [3.05, 3.63) is 98.8 Å². The van der Waals surface area contributed by atoms with Crippen LogP contribution in [-0.2, 0) is 6.54 Å². The fourth-order valence-corrected chi connectivity index (χ4v) is 3.34. The molecule has 0 saturated carbocycles. The largest absolute Gasteiger partial charge is 0.494 e. The second kappa shape index (κ2) is 8.30. The van der Waals surface area contributed by atoms with Crippen molar-refractivity contribution in [2.45, 2.75) is 6.54 Å². The van der Waals surface area contributed by atoms with Gasteiger partial charge in [0.15, 0.2) is 4.77 Å². The van der Waals surface area contributed by atoms with Crippen LogP contribution in [0.1, 0.15) is 11.1 Å². The zero-order chi connectivity index (χ0) is 21.1. The quantitative estimate of drug-likeness (QED) is 0.254. The number of hydrogen-bond donors (Lipinski definition) is 3. The number of aromatic amines is 1.